The largest absolute Gasteiger partial charge is 0.494 e. The SMILES string of the molecule is N=c1n(CCCOc2ccc(F)cc2)c2ccc(F)cc2n1Cc1ccc(N2CCN(Cc3ccccc3-c3ccccc3)CC2)cc1. The Bertz CT molecular complexity index is 2030. The van der Waals surface area contributed by atoms with E-state index in [1.165, 1.54) is 46.6 Å². The molecule has 7 rings (SSSR count). The molecule has 1 N–H and O–H groups in total. The lowest BCUT2D eigenvalue weighted by Gasteiger charge is -2.36. The summed E-state index contributed by atoms with van der Waals surface area (Å²) < 4.78 is 37.1. The standard InChI is InChI=1S/C40H39F2N5O/c41-33-13-18-36(19-14-33)48-26-6-21-46-38-20-15-34(42)27-39(38)47(40(46)43)28-30-11-16-35(17-12-30)45-24-22-44(23-25-45)29-32-9-4-5-10-37(32)31-7-2-1-3-8-31/h1-5,7-20,27,43H,6,21-26,28-29H2. The van der Waals surface area contributed by atoms with Crippen molar-refractivity contribution in [3.8, 4) is 16.9 Å². The van der Waals surface area contributed by atoms with Gasteiger partial charge in [0.1, 0.15) is 17.4 Å². The summed E-state index contributed by atoms with van der Waals surface area (Å²) in [5.74, 6) is -0.0280. The molecule has 2 heterocycles. The van der Waals surface area contributed by atoms with Gasteiger partial charge < -0.3 is 18.8 Å². The van der Waals surface area contributed by atoms with Crippen LogP contribution in [0.2, 0.25) is 0 Å². The number of aromatic nitrogens is 2. The maximum Gasteiger partial charge on any atom is 0.203 e. The second-order valence-corrected chi connectivity index (χ2v) is 12.3. The second kappa shape index (κ2) is 14.3. The van der Waals surface area contributed by atoms with E-state index in [-0.39, 0.29) is 11.6 Å². The molecule has 48 heavy (non-hydrogen) atoms. The summed E-state index contributed by atoms with van der Waals surface area (Å²) >= 11 is 0. The van der Waals surface area contributed by atoms with Gasteiger partial charge in [-0.25, -0.2) is 8.78 Å². The van der Waals surface area contributed by atoms with Crippen LogP contribution in [0.5, 0.6) is 5.75 Å². The fourth-order valence-electron chi connectivity index (χ4n) is 6.60. The molecule has 0 spiro atoms. The maximum absolute atomic E-state index is 14.4. The predicted molar refractivity (Wildman–Crippen MR) is 187 cm³/mol. The van der Waals surface area contributed by atoms with E-state index in [1.807, 2.05) is 9.13 Å². The van der Waals surface area contributed by atoms with E-state index < -0.39 is 0 Å². The van der Waals surface area contributed by atoms with Crippen molar-refractivity contribution in [3.05, 3.63) is 150 Å². The molecular formula is C40H39F2N5O. The third-order valence-corrected chi connectivity index (χ3v) is 9.15. The summed E-state index contributed by atoms with van der Waals surface area (Å²) in [6.07, 6.45) is 0.645. The highest BCUT2D eigenvalue weighted by Gasteiger charge is 2.19. The summed E-state index contributed by atoms with van der Waals surface area (Å²) in [5, 5.41) is 8.99. The number of fused-ring (bicyclic) bond motifs is 1. The van der Waals surface area contributed by atoms with Crippen molar-refractivity contribution in [2.24, 2.45) is 0 Å². The first-order valence-electron chi connectivity index (χ1n) is 16.5. The highest BCUT2D eigenvalue weighted by Crippen LogP contribution is 2.26. The Morgan fingerprint density at radius 2 is 1.35 bits per heavy atom. The van der Waals surface area contributed by atoms with Crippen LogP contribution in [0.1, 0.15) is 17.5 Å². The van der Waals surface area contributed by atoms with Crippen molar-refractivity contribution in [3.63, 3.8) is 0 Å². The average molecular weight is 644 g/mol. The number of ether oxygens (including phenoxy) is 1. The Balaban J connectivity index is 0.984. The first kappa shape index (κ1) is 31.4. The number of aryl methyl sites for hydroxylation is 1. The number of hydrogen-bond acceptors (Lipinski definition) is 4. The third kappa shape index (κ3) is 7.04. The van der Waals surface area contributed by atoms with Crippen molar-refractivity contribution in [2.45, 2.75) is 26.1 Å². The molecule has 0 aliphatic carbocycles. The minimum Gasteiger partial charge on any atom is -0.494 e. The molecule has 6 nitrogen and oxygen atoms in total. The second-order valence-electron chi connectivity index (χ2n) is 12.3. The van der Waals surface area contributed by atoms with Gasteiger partial charge >= 0.3 is 0 Å². The minimum atomic E-state index is -0.328. The molecule has 1 saturated heterocycles. The summed E-state index contributed by atoms with van der Waals surface area (Å²) in [6, 6.07) is 38.5. The number of hydrogen-bond donors (Lipinski definition) is 1. The summed E-state index contributed by atoms with van der Waals surface area (Å²) in [5.41, 5.74) is 7.96. The Morgan fingerprint density at radius 1 is 0.646 bits per heavy atom. The molecule has 6 aromatic rings. The van der Waals surface area contributed by atoms with Gasteiger partial charge in [0.05, 0.1) is 24.2 Å². The van der Waals surface area contributed by atoms with E-state index in [9.17, 15) is 8.78 Å². The van der Waals surface area contributed by atoms with Crippen LogP contribution < -0.4 is 15.3 Å². The maximum atomic E-state index is 14.4. The zero-order valence-corrected chi connectivity index (χ0v) is 26.9. The van der Waals surface area contributed by atoms with E-state index in [1.54, 1.807) is 18.2 Å². The van der Waals surface area contributed by atoms with Crippen LogP contribution in [0.25, 0.3) is 22.2 Å². The van der Waals surface area contributed by atoms with Gasteiger partial charge in [-0.05, 0) is 83.3 Å². The lowest BCUT2D eigenvalue weighted by molar-refractivity contribution is 0.250. The van der Waals surface area contributed by atoms with Gasteiger partial charge in [-0.3, -0.25) is 10.3 Å². The summed E-state index contributed by atoms with van der Waals surface area (Å²) in [4.78, 5) is 4.96. The fourth-order valence-corrected chi connectivity index (χ4v) is 6.60. The normalized spacial score (nSPS) is 13.7. The zero-order valence-electron chi connectivity index (χ0n) is 26.9. The van der Waals surface area contributed by atoms with Gasteiger partial charge in [0.25, 0.3) is 0 Å². The topological polar surface area (TPSA) is 49.4 Å². The van der Waals surface area contributed by atoms with Crippen LogP contribution in [0.15, 0.2) is 121 Å². The fraction of sp³-hybridized carbons (Fsp3) is 0.225. The number of anilines is 1. The number of imidazole rings is 1. The number of halogens is 2. The molecule has 0 amide bonds. The van der Waals surface area contributed by atoms with Gasteiger partial charge in [-0.15, -0.1) is 0 Å². The van der Waals surface area contributed by atoms with Gasteiger partial charge in [0, 0.05) is 45.0 Å². The quantitative estimate of drug-likeness (QED) is 0.147. The third-order valence-electron chi connectivity index (χ3n) is 9.15. The van der Waals surface area contributed by atoms with Crippen molar-refractivity contribution in [1.82, 2.24) is 14.0 Å². The van der Waals surface area contributed by atoms with Crippen LogP contribution in [0.4, 0.5) is 14.5 Å². The molecule has 1 fully saturated rings. The minimum absolute atomic E-state index is 0.304. The van der Waals surface area contributed by atoms with Gasteiger partial charge in [0.15, 0.2) is 0 Å². The summed E-state index contributed by atoms with van der Waals surface area (Å²) in [6.45, 7) is 6.24. The molecule has 0 atom stereocenters. The van der Waals surface area contributed by atoms with Gasteiger partial charge in [-0.1, -0.05) is 66.7 Å². The molecule has 1 aromatic heterocycles. The van der Waals surface area contributed by atoms with Crippen LogP contribution in [-0.2, 0) is 19.6 Å². The van der Waals surface area contributed by atoms with Crippen LogP contribution in [0.3, 0.4) is 0 Å². The molecule has 244 valence electrons. The van der Waals surface area contributed by atoms with Gasteiger partial charge in [0.2, 0.25) is 5.62 Å². The van der Waals surface area contributed by atoms with Crippen LogP contribution in [-0.4, -0.2) is 46.8 Å². The molecular weight excluding hydrogens is 604 g/mol. The van der Waals surface area contributed by atoms with E-state index in [2.05, 4.69) is 88.7 Å². The molecule has 0 radical (unpaired) electrons. The Morgan fingerprint density at radius 3 is 2.12 bits per heavy atom. The number of rotatable bonds is 11. The van der Waals surface area contributed by atoms with Crippen molar-refractivity contribution in [2.75, 3.05) is 37.7 Å². The highest BCUT2D eigenvalue weighted by atomic mass is 19.1. The van der Waals surface area contributed by atoms with E-state index in [4.69, 9.17) is 10.1 Å². The van der Waals surface area contributed by atoms with E-state index in [0.29, 0.717) is 43.0 Å². The molecule has 5 aromatic carbocycles. The summed E-state index contributed by atoms with van der Waals surface area (Å²) in [7, 11) is 0. The molecule has 1 aliphatic rings. The van der Waals surface area contributed by atoms with Crippen LogP contribution in [0, 0.1) is 17.0 Å². The molecule has 0 bridgehead atoms. The molecule has 0 saturated carbocycles. The van der Waals surface area contributed by atoms with Crippen LogP contribution >= 0.6 is 0 Å². The first-order valence-corrected chi connectivity index (χ1v) is 16.5. The molecule has 0 unspecified atom stereocenters. The average Bonchev–Trinajstić information content (AvgIpc) is 3.37. The lowest BCUT2D eigenvalue weighted by atomic mass is 9.99. The number of piperazine rings is 1. The van der Waals surface area contributed by atoms with E-state index >= 15 is 0 Å². The monoisotopic (exact) mass is 643 g/mol. The molecule has 1 aliphatic heterocycles. The zero-order chi connectivity index (χ0) is 32.9. The Labute approximate surface area is 279 Å². The van der Waals surface area contributed by atoms with Crippen molar-refractivity contribution < 1.29 is 13.5 Å². The van der Waals surface area contributed by atoms with Crippen molar-refractivity contribution in [1.29, 1.82) is 5.41 Å². The number of nitrogens with one attached hydrogen (secondary N) is 1. The highest BCUT2D eigenvalue weighted by molar-refractivity contribution is 5.76. The number of nitrogens with zero attached hydrogens (tertiary/aromatic N) is 4. The van der Waals surface area contributed by atoms with Crippen molar-refractivity contribution >= 4 is 16.7 Å². The Hall–Kier alpha value is -5.21. The smallest absolute Gasteiger partial charge is 0.203 e. The number of benzene rings is 5. The Kier molecular flexibility index (Phi) is 9.34. The van der Waals surface area contributed by atoms with Gasteiger partial charge in [-0.2, -0.15) is 0 Å². The first-order chi connectivity index (χ1) is 23.5. The molecule has 8 heteroatoms. The lowest BCUT2D eigenvalue weighted by Crippen LogP contribution is -2.46. The predicted octanol–water partition coefficient (Wildman–Crippen LogP) is 7.71. The van der Waals surface area contributed by atoms with E-state index in [0.717, 1.165) is 43.8 Å².